The second kappa shape index (κ2) is 35.2. The Bertz CT molecular complexity index is 9340. The van der Waals surface area contributed by atoms with Crippen molar-refractivity contribution in [1.82, 2.24) is 44.9 Å². The normalized spacial score (nSPS) is 11.5. The molecule has 0 aliphatic carbocycles. The van der Waals surface area contributed by atoms with Crippen LogP contribution in [0.15, 0.2) is 491 Å². The average molecular weight is 1760 g/mol. The van der Waals surface area contributed by atoms with Crippen LogP contribution in [0.5, 0.6) is 0 Å². The van der Waals surface area contributed by atoms with Crippen molar-refractivity contribution >= 4 is 129 Å². The summed E-state index contributed by atoms with van der Waals surface area (Å²) in [5, 5.41) is 29.5. The Balaban J connectivity index is 0.000000110. The maximum atomic E-state index is 5.13. The first-order chi connectivity index (χ1) is 68.3. The van der Waals surface area contributed by atoms with Crippen molar-refractivity contribution in [1.29, 1.82) is 0 Å². The summed E-state index contributed by atoms with van der Waals surface area (Å²) in [6, 6.07) is 173. The molecule has 0 fully saturated rings. The summed E-state index contributed by atoms with van der Waals surface area (Å²) >= 11 is 0. The van der Waals surface area contributed by atoms with Gasteiger partial charge in [0.1, 0.15) is 0 Å². The van der Waals surface area contributed by atoms with Crippen molar-refractivity contribution in [2.24, 2.45) is 0 Å². The van der Waals surface area contributed by atoms with Gasteiger partial charge >= 0.3 is 0 Å². The molecule has 24 aromatic carbocycles. The molecule has 0 aliphatic rings. The SMILES string of the molecule is c1cc(-c2nc(-c3ccc4ccccc4c3)nc(-c3ccc4ccccc4c3)n2)cc(-c2cccc3ccc4c5ccccc5ccc4c23)c1.c1ccc(-c2nc(-c3cccc(-c4cccc5ccc6c7ccccc7ccc6c45)c3)nc(-c3ccc4ccccc4c3)n2)cc1.c1ccc(-c2nc(-c3ccccc3)nc(-c3cccc(-c4cccc5ccc6c7ccccc7ccc6c45)c3)n2)cc1. The Labute approximate surface area is 795 Å². The van der Waals surface area contributed by atoms with Gasteiger partial charge in [0, 0.05) is 50.1 Å². The quantitative estimate of drug-likeness (QED) is 0.110. The first-order valence-corrected chi connectivity index (χ1v) is 46.6. The fourth-order valence-electron chi connectivity index (χ4n) is 19.9. The van der Waals surface area contributed by atoms with Crippen molar-refractivity contribution in [3.8, 4) is 136 Å². The van der Waals surface area contributed by atoms with E-state index >= 15 is 0 Å². The molecule has 0 amide bonds. The summed E-state index contributed by atoms with van der Waals surface area (Å²) in [6.45, 7) is 0. The van der Waals surface area contributed by atoms with Crippen LogP contribution in [0.2, 0.25) is 0 Å². The van der Waals surface area contributed by atoms with Gasteiger partial charge in [-0.1, -0.05) is 455 Å². The van der Waals surface area contributed by atoms with Gasteiger partial charge in [0.25, 0.3) is 0 Å². The molecule has 0 atom stereocenters. The zero-order valence-corrected chi connectivity index (χ0v) is 74.8. The Morgan fingerprint density at radius 2 is 0.283 bits per heavy atom. The minimum Gasteiger partial charge on any atom is -0.208 e. The standard InChI is InChI=1S/C47H29N3.C43H27N3.C39H25N3/c1-3-12-34-27-38(21-19-30(34)9-1)46-48-45(49-47(50-46)39-22-20-31-10-2-4-13-35(31)28-39)37-16-7-15-36(29-37)41-18-8-14-33-24-25-42-40-17-6-5-11-32(40)23-26-43(42)44(33)41;1-2-12-31(13-3-1)41-44-42(46-43(45-41)35-21-20-28-10-4-5-14-32(28)26-35)34-17-8-16-33(27-34)37-19-9-15-30-23-24-38-36-18-7-6-11-29(36)22-25-39(38)40(30)37;1-3-12-28(13-4-1)37-40-38(29-14-5-2-6-15-29)42-39(41-37)31-18-9-17-30(25-31)33-20-10-16-27-22-23-34-32-19-8-7-11-26(32)21-24-35(34)36(27)33/h1-29H;1-27H;1-25H. The number of fused-ring (bicyclic) bond motifs is 18. The average Bonchev–Trinajstić information content (AvgIpc) is 0.751. The Hall–Kier alpha value is -18.6. The fourth-order valence-corrected chi connectivity index (χ4v) is 19.9. The third kappa shape index (κ3) is 15.5. The maximum absolute atomic E-state index is 5.13. The van der Waals surface area contributed by atoms with Crippen LogP contribution < -0.4 is 0 Å². The van der Waals surface area contributed by atoms with E-state index in [1.165, 1.54) is 130 Å². The van der Waals surface area contributed by atoms with E-state index < -0.39 is 0 Å². The van der Waals surface area contributed by atoms with Crippen LogP contribution in [0, 0.1) is 0 Å². The molecule has 3 heterocycles. The third-order valence-corrected chi connectivity index (χ3v) is 26.6. The molecule has 0 saturated heterocycles. The van der Waals surface area contributed by atoms with Gasteiger partial charge in [0.05, 0.1) is 0 Å². The molecule has 138 heavy (non-hydrogen) atoms. The lowest BCUT2D eigenvalue weighted by Crippen LogP contribution is -2.00. The number of nitrogens with zero attached hydrogens (tertiary/aromatic N) is 9. The van der Waals surface area contributed by atoms with Crippen LogP contribution in [0.4, 0.5) is 0 Å². The van der Waals surface area contributed by atoms with Gasteiger partial charge in [-0.2, -0.15) is 0 Å². The van der Waals surface area contributed by atoms with E-state index in [-0.39, 0.29) is 0 Å². The Morgan fingerprint density at radius 1 is 0.0942 bits per heavy atom. The molecule has 27 aromatic rings. The van der Waals surface area contributed by atoms with Crippen LogP contribution in [-0.4, -0.2) is 44.9 Å². The minimum absolute atomic E-state index is 0.643. The molecule has 0 unspecified atom stereocenters. The highest BCUT2D eigenvalue weighted by Crippen LogP contribution is 2.44. The van der Waals surface area contributed by atoms with E-state index in [0.29, 0.717) is 52.4 Å². The number of hydrogen-bond acceptors (Lipinski definition) is 9. The van der Waals surface area contributed by atoms with Crippen molar-refractivity contribution in [2.75, 3.05) is 0 Å². The second-order valence-electron chi connectivity index (χ2n) is 35.0. The summed E-state index contributed by atoms with van der Waals surface area (Å²) in [5.74, 6) is 5.88. The zero-order valence-electron chi connectivity index (χ0n) is 74.8. The second-order valence-corrected chi connectivity index (χ2v) is 35.0. The maximum Gasteiger partial charge on any atom is 0.164 e. The lowest BCUT2D eigenvalue weighted by Gasteiger charge is -2.13. The van der Waals surface area contributed by atoms with Gasteiger partial charge in [-0.05, 0) is 199 Å². The molecule has 0 N–H and O–H groups in total. The highest BCUT2D eigenvalue weighted by Gasteiger charge is 2.22. The lowest BCUT2D eigenvalue weighted by molar-refractivity contribution is 1.07. The largest absolute Gasteiger partial charge is 0.208 e. The van der Waals surface area contributed by atoms with Crippen molar-refractivity contribution in [3.63, 3.8) is 0 Å². The van der Waals surface area contributed by atoms with Crippen LogP contribution in [0.25, 0.3) is 265 Å². The van der Waals surface area contributed by atoms with Crippen molar-refractivity contribution in [2.45, 2.75) is 0 Å². The zero-order chi connectivity index (χ0) is 91.4. The topological polar surface area (TPSA) is 116 Å². The van der Waals surface area contributed by atoms with E-state index in [4.69, 9.17) is 44.9 Å². The summed E-state index contributed by atoms with van der Waals surface area (Å²) in [4.78, 5) is 45.2. The molecule has 0 aliphatic heterocycles. The monoisotopic (exact) mass is 1760 g/mol. The van der Waals surface area contributed by atoms with Crippen LogP contribution in [-0.2, 0) is 0 Å². The van der Waals surface area contributed by atoms with E-state index in [9.17, 15) is 0 Å². The fraction of sp³-hybridized carbons (Fsp3) is 0. The molecule has 9 heteroatoms. The molecular formula is C129H81N9. The molecule has 0 bridgehead atoms. The van der Waals surface area contributed by atoms with Gasteiger partial charge in [-0.15, -0.1) is 0 Å². The minimum atomic E-state index is 0.643. The van der Waals surface area contributed by atoms with Gasteiger partial charge in [0.15, 0.2) is 52.4 Å². The van der Waals surface area contributed by atoms with Crippen LogP contribution >= 0.6 is 0 Å². The van der Waals surface area contributed by atoms with Gasteiger partial charge in [0.2, 0.25) is 0 Å². The van der Waals surface area contributed by atoms with E-state index in [1.54, 1.807) is 0 Å². The Kier molecular flexibility index (Phi) is 20.8. The Morgan fingerprint density at radius 3 is 0.565 bits per heavy atom. The summed E-state index contributed by atoms with van der Waals surface area (Å²) in [7, 11) is 0. The first-order valence-electron chi connectivity index (χ1n) is 46.6. The molecule has 9 nitrogen and oxygen atoms in total. The number of hydrogen-bond donors (Lipinski definition) is 0. The third-order valence-electron chi connectivity index (χ3n) is 26.6. The van der Waals surface area contributed by atoms with Crippen molar-refractivity contribution in [3.05, 3.63) is 491 Å². The molecule has 642 valence electrons. The highest BCUT2D eigenvalue weighted by molar-refractivity contribution is 6.24. The smallest absolute Gasteiger partial charge is 0.164 e. The summed E-state index contributed by atoms with van der Waals surface area (Å²) in [6.07, 6.45) is 0. The first kappa shape index (κ1) is 81.4. The van der Waals surface area contributed by atoms with E-state index in [1.807, 2.05) is 91.0 Å². The van der Waals surface area contributed by atoms with Crippen LogP contribution in [0.1, 0.15) is 0 Å². The molecule has 0 saturated carbocycles. The molecule has 0 spiro atoms. The predicted octanol–water partition coefficient (Wildman–Crippen LogP) is 33.5. The number of benzene rings is 24. The summed E-state index contributed by atoms with van der Waals surface area (Å²) in [5.41, 5.74) is 15.5. The van der Waals surface area contributed by atoms with E-state index in [2.05, 4.69) is 400 Å². The lowest BCUT2D eigenvalue weighted by atomic mass is 9.91. The predicted molar refractivity (Wildman–Crippen MR) is 575 cm³/mol. The van der Waals surface area contributed by atoms with Crippen molar-refractivity contribution < 1.29 is 0 Å². The molecule has 3 aromatic heterocycles. The van der Waals surface area contributed by atoms with Gasteiger partial charge < -0.3 is 0 Å². The number of rotatable bonds is 12. The molecular weight excluding hydrogens is 1680 g/mol. The number of aromatic nitrogens is 9. The highest BCUT2D eigenvalue weighted by atomic mass is 15.1. The van der Waals surface area contributed by atoms with Crippen LogP contribution in [0.3, 0.4) is 0 Å². The molecule has 27 rings (SSSR count). The molecule has 0 radical (unpaired) electrons. The summed E-state index contributed by atoms with van der Waals surface area (Å²) < 4.78 is 0. The van der Waals surface area contributed by atoms with E-state index in [0.717, 1.165) is 82.9 Å². The van der Waals surface area contributed by atoms with Gasteiger partial charge in [-0.3, -0.25) is 0 Å². The van der Waals surface area contributed by atoms with Gasteiger partial charge in [-0.25, -0.2) is 44.9 Å².